The first-order valence-corrected chi connectivity index (χ1v) is 8.14. The molecule has 2 heterocycles. The van der Waals surface area contributed by atoms with E-state index in [-0.39, 0.29) is 0 Å². The van der Waals surface area contributed by atoms with E-state index in [4.69, 9.17) is 0 Å². The van der Waals surface area contributed by atoms with Crippen molar-refractivity contribution in [3.8, 4) is 0 Å². The van der Waals surface area contributed by atoms with Gasteiger partial charge >= 0.3 is 0 Å². The van der Waals surface area contributed by atoms with E-state index in [0.29, 0.717) is 11.3 Å². The molecule has 1 saturated heterocycles. The molecule has 1 aromatic rings. The van der Waals surface area contributed by atoms with Crippen LogP contribution in [0.5, 0.6) is 0 Å². The number of thioether (sulfide) groups is 1. The van der Waals surface area contributed by atoms with Gasteiger partial charge in [-0.25, -0.2) is 4.98 Å². The molecule has 106 valence electrons. The van der Waals surface area contributed by atoms with Crippen molar-refractivity contribution in [3.05, 3.63) is 11.8 Å². The molecule has 1 fully saturated rings. The largest absolute Gasteiger partial charge is 0.354 e. The number of aromatic nitrogens is 2. The fourth-order valence-corrected chi connectivity index (χ4v) is 3.37. The maximum absolute atomic E-state index is 4.67. The molecule has 0 bridgehead atoms. The minimum absolute atomic E-state index is 0.520. The Morgan fingerprint density at radius 3 is 2.95 bits per heavy atom. The average molecular weight is 280 g/mol. The predicted molar refractivity (Wildman–Crippen MR) is 84.3 cm³/mol. The van der Waals surface area contributed by atoms with Gasteiger partial charge in [-0.1, -0.05) is 13.8 Å². The van der Waals surface area contributed by atoms with Crippen LogP contribution < -0.4 is 10.2 Å². The Labute approximate surface area is 120 Å². The number of rotatable bonds is 4. The minimum atomic E-state index is 0.520. The summed E-state index contributed by atoms with van der Waals surface area (Å²) in [6.45, 7) is 10.8. The van der Waals surface area contributed by atoms with Gasteiger partial charge in [0.15, 0.2) is 0 Å². The highest BCUT2D eigenvalue weighted by atomic mass is 32.2. The summed E-state index contributed by atoms with van der Waals surface area (Å²) in [5.41, 5.74) is 1.03. The monoisotopic (exact) mass is 280 g/mol. The maximum Gasteiger partial charge on any atom is 0.224 e. The Balaban J connectivity index is 2.20. The van der Waals surface area contributed by atoms with Crippen LogP contribution in [0.3, 0.4) is 0 Å². The first-order chi connectivity index (χ1) is 9.11. The second-order valence-electron chi connectivity index (χ2n) is 5.13. The molecule has 0 spiro atoms. The van der Waals surface area contributed by atoms with Crippen LogP contribution >= 0.6 is 11.8 Å². The Bertz CT molecular complexity index is 424. The molecule has 1 aromatic heterocycles. The van der Waals surface area contributed by atoms with Gasteiger partial charge in [-0.15, -0.1) is 0 Å². The highest BCUT2D eigenvalue weighted by molar-refractivity contribution is 8.00. The number of anilines is 2. The van der Waals surface area contributed by atoms with Crippen LogP contribution in [0.4, 0.5) is 11.8 Å². The quantitative estimate of drug-likeness (QED) is 0.918. The molecular formula is C14H24N4S. The van der Waals surface area contributed by atoms with Crippen LogP contribution in [-0.2, 0) is 0 Å². The van der Waals surface area contributed by atoms with E-state index in [1.807, 2.05) is 18.7 Å². The number of nitrogens with one attached hydrogen (secondary N) is 1. The van der Waals surface area contributed by atoms with E-state index in [1.165, 1.54) is 5.75 Å². The van der Waals surface area contributed by atoms with E-state index in [2.05, 4.69) is 47.0 Å². The minimum Gasteiger partial charge on any atom is -0.354 e. The van der Waals surface area contributed by atoms with Gasteiger partial charge in [-0.05, 0) is 20.3 Å². The number of hydrogen-bond acceptors (Lipinski definition) is 5. The van der Waals surface area contributed by atoms with Crippen LogP contribution in [0.1, 0.15) is 32.9 Å². The van der Waals surface area contributed by atoms with Gasteiger partial charge in [0.1, 0.15) is 5.82 Å². The standard InChI is InChI=1S/C14H24N4S/c1-5-6-15-14-16-10(2)9-13(17-14)18-7-8-19-12(4)11(18)3/h9,11-12H,5-8H2,1-4H3,(H,15,16,17). The zero-order valence-electron chi connectivity index (χ0n) is 12.3. The summed E-state index contributed by atoms with van der Waals surface area (Å²) in [6, 6.07) is 2.61. The van der Waals surface area contributed by atoms with Crippen LogP contribution in [0.15, 0.2) is 6.07 Å². The Morgan fingerprint density at radius 1 is 1.42 bits per heavy atom. The molecule has 2 unspecified atom stereocenters. The van der Waals surface area contributed by atoms with Crippen molar-refractivity contribution < 1.29 is 0 Å². The summed E-state index contributed by atoms with van der Waals surface area (Å²) in [5, 5.41) is 3.94. The third-order valence-corrected chi connectivity index (χ3v) is 4.89. The molecule has 0 aliphatic carbocycles. The first-order valence-electron chi connectivity index (χ1n) is 7.09. The summed E-state index contributed by atoms with van der Waals surface area (Å²) in [7, 11) is 0. The molecule has 1 aliphatic heterocycles. The first kappa shape index (κ1) is 14.4. The zero-order valence-corrected chi connectivity index (χ0v) is 13.1. The third-order valence-electron chi connectivity index (χ3n) is 3.55. The molecule has 0 amide bonds. The molecule has 19 heavy (non-hydrogen) atoms. The van der Waals surface area contributed by atoms with E-state index in [1.54, 1.807) is 0 Å². The van der Waals surface area contributed by atoms with Crippen molar-refractivity contribution in [2.45, 2.75) is 45.4 Å². The van der Waals surface area contributed by atoms with E-state index >= 15 is 0 Å². The summed E-state index contributed by atoms with van der Waals surface area (Å²) in [6.07, 6.45) is 1.08. The lowest BCUT2D eigenvalue weighted by Gasteiger charge is -2.38. The topological polar surface area (TPSA) is 41.1 Å². The molecule has 4 nitrogen and oxygen atoms in total. The highest BCUT2D eigenvalue weighted by Gasteiger charge is 2.26. The summed E-state index contributed by atoms with van der Waals surface area (Å²) < 4.78 is 0. The normalized spacial score (nSPS) is 23.5. The van der Waals surface area contributed by atoms with Gasteiger partial charge < -0.3 is 10.2 Å². The molecule has 2 atom stereocenters. The van der Waals surface area contributed by atoms with Gasteiger partial charge in [0.25, 0.3) is 0 Å². The number of nitrogens with zero attached hydrogens (tertiary/aromatic N) is 3. The van der Waals surface area contributed by atoms with E-state index < -0.39 is 0 Å². The lowest BCUT2D eigenvalue weighted by molar-refractivity contribution is 0.619. The highest BCUT2D eigenvalue weighted by Crippen LogP contribution is 2.28. The lowest BCUT2D eigenvalue weighted by Crippen LogP contribution is -2.45. The molecule has 0 saturated carbocycles. The number of aryl methyl sites for hydroxylation is 1. The third kappa shape index (κ3) is 3.53. The average Bonchev–Trinajstić information content (AvgIpc) is 2.39. The summed E-state index contributed by atoms with van der Waals surface area (Å²) in [4.78, 5) is 11.5. The molecule has 1 aliphatic rings. The fraction of sp³-hybridized carbons (Fsp3) is 0.714. The summed E-state index contributed by atoms with van der Waals surface area (Å²) >= 11 is 2.05. The van der Waals surface area contributed by atoms with Gasteiger partial charge in [0.2, 0.25) is 5.95 Å². The van der Waals surface area contributed by atoms with Crippen molar-refractivity contribution in [2.75, 3.05) is 29.1 Å². The Morgan fingerprint density at radius 2 is 2.21 bits per heavy atom. The Hall–Kier alpha value is -0.970. The van der Waals surface area contributed by atoms with Crippen molar-refractivity contribution in [1.29, 1.82) is 0 Å². The van der Waals surface area contributed by atoms with Crippen LogP contribution in [0.2, 0.25) is 0 Å². The molecule has 2 rings (SSSR count). The lowest BCUT2D eigenvalue weighted by atomic mass is 10.2. The second kappa shape index (κ2) is 6.46. The maximum atomic E-state index is 4.67. The van der Waals surface area contributed by atoms with Gasteiger partial charge in [0, 0.05) is 41.9 Å². The second-order valence-corrected chi connectivity index (χ2v) is 6.61. The smallest absolute Gasteiger partial charge is 0.224 e. The fourth-order valence-electron chi connectivity index (χ4n) is 2.27. The molecule has 0 radical (unpaired) electrons. The SMILES string of the molecule is CCCNc1nc(C)cc(N2CCSC(C)C2C)n1. The zero-order chi connectivity index (χ0) is 13.8. The van der Waals surface area contributed by atoms with Crippen molar-refractivity contribution >= 4 is 23.5 Å². The predicted octanol–water partition coefficient (Wildman–Crippen LogP) is 2.94. The molecule has 1 N–H and O–H groups in total. The molecular weight excluding hydrogens is 256 g/mol. The Kier molecular flexibility index (Phi) is 4.91. The molecule has 0 aromatic carbocycles. The summed E-state index contributed by atoms with van der Waals surface area (Å²) in [5.74, 6) is 2.99. The van der Waals surface area contributed by atoms with E-state index in [9.17, 15) is 0 Å². The van der Waals surface area contributed by atoms with Crippen molar-refractivity contribution in [3.63, 3.8) is 0 Å². The van der Waals surface area contributed by atoms with Gasteiger partial charge in [0.05, 0.1) is 0 Å². The number of hydrogen-bond donors (Lipinski definition) is 1. The van der Waals surface area contributed by atoms with Crippen LogP contribution in [-0.4, -0.2) is 40.1 Å². The van der Waals surface area contributed by atoms with E-state index in [0.717, 1.165) is 37.0 Å². The van der Waals surface area contributed by atoms with Crippen LogP contribution in [0, 0.1) is 6.92 Å². The van der Waals surface area contributed by atoms with Crippen LogP contribution in [0.25, 0.3) is 0 Å². The van der Waals surface area contributed by atoms with Crippen molar-refractivity contribution in [1.82, 2.24) is 9.97 Å². The molecule has 5 heteroatoms. The van der Waals surface area contributed by atoms with Gasteiger partial charge in [-0.2, -0.15) is 16.7 Å². The van der Waals surface area contributed by atoms with Gasteiger partial charge in [-0.3, -0.25) is 0 Å². The van der Waals surface area contributed by atoms with Crippen molar-refractivity contribution in [2.24, 2.45) is 0 Å².